The summed E-state index contributed by atoms with van der Waals surface area (Å²) in [6, 6.07) is 19.7. The average molecular weight is 414 g/mol. The highest BCUT2D eigenvalue weighted by Crippen LogP contribution is 2.26. The van der Waals surface area contributed by atoms with Gasteiger partial charge in [0.05, 0.1) is 30.3 Å². The fraction of sp³-hybridized carbons (Fsp3) is 0.160. The molecule has 1 N–H and O–H groups in total. The number of rotatable bonds is 6. The average Bonchev–Trinajstić information content (AvgIpc) is 3.03. The number of amides is 3. The van der Waals surface area contributed by atoms with Gasteiger partial charge in [0.15, 0.2) is 0 Å². The van der Waals surface area contributed by atoms with Crippen molar-refractivity contribution in [3.63, 3.8) is 0 Å². The molecule has 1 aliphatic rings. The van der Waals surface area contributed by atoms with Gasteiger partial charge in [-0.25, -0.2) is 0 Å². The molecule has 3 aromatic rings. The normalized spacial score (nSPS) is 12.6. The molecular formula is C25H22N2O4. The first kappa shape index (κ1) is 20.3. The number of ether oxygens (including phenoxy) is 1. The zero-order valence-corrected chi connectivity index (χ0v) is 17.3. The van der Waals surface area contributed by atoms with Crippen LogP contribution >= 0.6 is 0 Å². The number of aryl methyl sites for hydroxylation is 1. The van der Waals surface area contributed by atoms with Crippen molar-refractivity contribution in [1.82, 2.24) is 10.2 Å². The van der Waals surface area contributed by atoms with E-state index in [1.807, 2.05) is 31.2 Å². The number of carbonyl (C=O) groups is 3. The van der Waals surface area contributed by atoms with Crippen LogP contribution in [0.5, 0.6) is 5.75 Å². The van der Waals surface area contributed by atoms with Crippen molar-refractivity contribution < 1.29 is 19.1 Å². The Morgan fingerprint density at radius 3 is 2.23 bits per heavy atom. The summed E-state index contributed by atoms with van der Waals surface area (Å²) < 4.78 is 5.35. The largest absolute Gasteiger partial charge is 0.496 e. The number of hydrogen-bond donors (Lipinski definition) is 1. The molecule has 4 rings (SSSR count). The molecule has 0 unspecified atom stereocenters. The number of benzene rings is 3. The lowest BCUT2D eigenvalue weighted by Crippen LogP contribution is -2.29. The molecule has 0 atom stereocenters. The third kappa shape index (κ3) is 3.92. The van der Waals surface area contributed by atoms with Gasteiger partial charge in [-0.1, -0.05) is 42.5 Å². The second-order valence-electron chi connectivity index (χ2n) is 7.39. The number of nitrogens with zero attached hydrogens (tertiary/aromatic N) is 1. The van der Waals surface area contributed by atoms with Crippen molar-refractivity contribution >= 4 is 17.7 Å². The summed E-state index contributed by atoms with van der Waals surface area (Å²) in [6.07, 6.45) is 0. The predicted molar refractivity (Wildman–Crippen MR) is 116 cm³/mol. The minimum absolute atomic E-state index is 0.0778. The molecule has 0 bridgehead atoms. The molecule has 0 radical (unpaired) electrons. The number of nitrogens with one attached hydrogen (secondary N) is 1. The SMILES string of the molecule is COc1ccc(CN2C(=O)c3ccccc3C2=O)cc1C(=O)NCc1ccccc1C. The van der Waals surface area contributed by atoms with E-state index >= 15 is 0 Å². The van der Waals surface area contributed by atoms with E-state index in [0.717, 1.165) is 11.1 Å². The van der Waals surface area contributed by atoms with Gasteiger partial charge < -0.3 is 10.1 Å². The first-order chi connectivity index (χ1) is 15.0. The molecule has 1 heterocycles. The Morgan fingerprint density at radius 1 is 0.935 bits per heavy atom. The maximum Gasteiger partial charge on any atom is 0.261 e. The Labute approximate surface area is 180 Å². The highest BCUT2D eigenvalue weighted by atomic mass is 16.5. The summed E-state index contributed by atoms with van der Waals surface area (Å²) in [5.41, 5.74) is 3.93. The summed E-state index contributed by atoms with van der Waals surface area (Å²) in [6.45, 7) is 2.45. The second kappa shape index (κ2) is 8.44. The number of carbonyl (C=O) groups excluding carboxylic acids is 3. The molecule has 3 amide bonds. The van der Waals surface area contributed by atoms with Crippen molar-refractivity contribution in [3.05, 3.63) is 100 Å². The molecule has 0 aliphatic carbocycles. The van der Waals surface area contributed by atoms with Gasteiger partial charge in [-0.05, 0) is 47.9 Å². The van der Waals surface area contributed by atoms with Gasteiger partial charge in [0.2, 0.25) is 0 Å². The Kier molecular flexibility index (Phi) is 5.54. The molecule has 156 valence electrons. The zero-order chi connectivity index (χ0) is 22.0. The molecule has 6 heteroatoms. The van der Waals surface area contributed by atoms with Gasteiger partial charge in [-0.2, -0.15) is 0 Å². The van der Waals surface area contributed by atoms with Crippen molar-refractivity contribution in [3.8, 4) is 5.75 Å². The van der Waals surface area contributed by atoms with Gasteiger partial charge in [-0.15, -0.1) is 0 Å². The quantitative estimate of drug-likeness (QED) is 0.624. The Morgan fingerprint density at radius 2 is 1.58 bits per heavy atom. The van der Waals surface area contributed by atoms with Crippen LogP contribution in [0.3, 0.4) is 0 Å². The third-order valence-electron chi connectivity index (χ3n) is 5.43. The fourth-order valence-corrected chi connectivity index (χ4v) is 3.68. The lowest BCUT2D eigenvalue weighted by molar-refractivity contribution is 0.0642. The van der Waals surface area contributed by atoms with Crippen LogP contribution in [0, 0.1) is 6.92 Å². The van der Waals surface area contributed by atoms with Gasteiger partial charge >= 0.3 is 0 Å². The summed E-state index contributed by atoms with van der Waals surface area (Å²) in [7, 11) is 1.50. The van der Waals surface area contributed by atoms with Crippen LogP contribution in [-0.4, -0.2) is 29.7 Å². The summed E-state index contributed by atoms with van der Waals surface area (Å²) >= 11 is 0. The molecule has 0 saturated heterocycles. The standard InChI is InChI=1S/C25H22N2O4/c1-16-7-3-4-8-18(16)14-26-23(28)21-13-17(11-12-22(21)31-2)15-27-24(29)19-9-5-6-10-20(19)25(27)30/h3-13H,14-15H2,1-2H3,(H,26,28). The number of hydrogen-bond acceptors (Lipinski definition) is 4. The van der Waals surface area contributed by atoms with Crippen LogP contribution in [0.15, 0.2) is 66.7 Å². The van der Waals surface area contributed by atoms with E-state index in [4.69, 9.17) is 4.74 Å². The van der Waals surface area contributed by atoms with Crippen LogP contribution in [0.4, 0.5) is 0 Å². The van der Waals surface area contributed by atoms with E-state index in [0.29, 0.717) is 34.5 Å². The molecule has 31 heavy (non-hydrogen) atoms. The van der Waals surface area contributed by atoms with Gasteiger partial charge in [-0.3, -0.25) is 19.3 Å². The molecule has 3 aromatic carbocycles. The number of imide groups is 1. The van der Waals surface area contributed by atoms with Crippen molar-refractivity contribution in [2.75, 3.05) is 7.11 Å². The lowest BCUT2D eigenvalue weighted by atomic mass is 10.1. The Hall–Kier alpha value is -3.93. The number of fused-ring (bicyclic) bond motifs is 1. The van der Waals surface area contributed by atoms with Gasteiger partial charge in [0, 0.05) is 6.54 Å². The van der Waals surface area contributed by atoms with Crippen LogP contribution in [0.1, 0.15) is 47.8 Å². The molecule has 6 nitrogen and oxygen atoms in total. The monoisotopic (exact) mass is 414 g/mol. The van der Waals surface area contributed by atoms with Crippen molar-refractivity contribution in [2.24, 2.45) is 0 Å². The smallest absolute Gasteiger partial charge is 0.261 e. The highest BCUT2D eigenvalue weighted by molar-refractivity contribution is 6.21. The maximum atomic E-state index is 12.9. The van der Waals surface area contributed by atoms with Crippen molar-refractivity contribution in [1.29, 1.82) is 0 Å². The Balaban J connectivity index is 1.54. The van der Waals surface area contributed by atoms with Gasteiger partial charge in [0.1, 0.15) is 5.75 Å². The van der Waals surface area contributed by atoms with Crippen LogP contribution in [0.25, 0.3) is 0 Å². The summed E-state index contributed by atoms with van der Waals surface area (Å²) in [5, 5.41) is 2.92. The summed E-state index contributed by atoms with van der Waals surface area (Å²) in [4.78, 5) is 39.4. The third-order valence-corrected chi connectivity index (χ3v) is 5.43. The summed E-state index contributed by atoms with van der Waals surface area (Å²) in [5.74, 6) is -0.526. The van der Waals surface area contributed by atoms with Gasteiger partial charge in [0.25, 0.3) is 17.7 Å². The second-order valence-corrected chi connectivity index (χ2v) is 7.39. The van der Waals surface area contributed by atoms with E-state index in [2.05, 4.69) is 5.32 Å². The van der Waals surface area contributed by atoms with E-state index < -0.39 is 0 Å². The fourth-order valence-electron chi connectivity index (χ4n) is 3.68. The minimum Gasteiger partial charge on any atom is -0.496 e. The van der Waals surface area contributed by atoms with Crippen molar-refractivity contribution in [2.45, 2.75) is 20.0 Å². The Bertz CT molecular complexity index is 1150. The number of methoxy groups -OCH3 is 1. The highest BCUT2D eigenvalue weighted by Gasteiger charge is 2.35. The van der Waals surface area contributed by atoms with E-state index in [9.17, 15) is 14.4 Å². The van der Waals surface area contributed by atoms with Crippen LogP contribution in [-0.2, 0) is 13.1 Å². The van der Waals surface area contributed by atoms with E-state index in [1.165, 1.54) is 12.0 Å². The first-order valence-electron chi connectivity index (χ1n) is 9.94. The molecule has 0 saturated carbocycles. The molecule has 0 fully saturated rings. The molecule has 0 spiro atoms. The van der Waals surface area contributed by atoms with Crippen LogP contribution < -0.4 is 10.1 Å². The van der Waals surface area contributed by atoms with Crippen LogP contribution in [0.2, 0.25) is 0 Å². The maximum absolute atomic E-state index is 12.9. The minimum atomic E-state index is -0.332. The first-order valence-corrected chi connectivity index (χ1v) is 9.94. The van der Waals surface area contributed by atoms with E-state index in [-0.39, 0.29) is 24.3 Å². The molecule has 1 aliphatic heterocycles. The predicted octanol–water partition coefficient (Wildman–Crippen LogP) is 3.73. The zero-order valence-electron chi connectivity index (χ0n) is 17.3. The van der Waals surface area contributed by atoms with E-state index in [1.54, 1.807) is 42.5 Å². The molecule has 0 aromatic heterocycles. The lowest BCUT2D eigenvalue weighted by Gasteiger charge is -2.16. The topological polar surface area (TPSA) is 75.7 Å². The molecular weight excluding hydrogens is 392 g/mol.